The molecule has 1 aliphatic heterocycles. The number of carbonyl (C=O) groups excluding carboxylic acids is 2. The van der Waals surface area contributed by atoms with Gasteiger partial charge in [-0.2, -0.15) is 13.2 Å². The van der Waals surface area contributed by atoms with Crippen LogP contribution >= 0.6 is 0 Å². The van der Waals surface area contributed by atoms with E-state index < -0.39 is 28.6 Å². The number of hydrogen-bond donors (Lipinski definition) is 1. The lowest BCUT2D eigenvalue weighted by Crippen LogP contribution is -2.36. The number of halogens is 3. The highest BCUT2D eigenvalue weighted by Crippen LogP contribution is 2.47. The zero-order valence-electron chi connectivity index (χ0n) is 21.5. The molecule has 1 N–H and O–H groups in total. The third kappa shape index (κ3) is 4.87. The Morgan fingerprint density at radius 2 is 1.67 bits per heavy atom. The Balaban J connectivity index is 1.60. The van der Waals surface area contributed by atoms with Gasteiger partial charge in [0.1, 0.15) is 5.82 Å². The van der Waals surface area contributed by atoms with Gasteiger partial charge in [0.2, 0.25) is 5.91 Å². The van der Waals surface area contributed by atoms with E-state index in [-0.39, 0.29) is 12.5 Å². The molecule has 0 aliphatic carbocycles. The van der Waals surface area contributed by atoms with Crippen LogP contribution in [0.2, 0.25) is 0 Å². The van der Waals surface area contributed by atoms with Crippen LogP contribution in [0.4, 0.5) is 24.5 Å². The summed E-state index contributed by atoms with van der Waals surface area (Å²) in [6.07, 6.45) is -1.55. The molecule has 4 aromatic rings. The Morgan fingerprint density at radius 1 is 0.974 bits per heavy atom. The molecular weight excluding hydrogens is 505 g/mol. The fourth-order valence-corrected chi connectivity index (χ4v) is 4.91. The molecule has 198 valence electrons. The van der Waals surface area contributed by atoms with E-state index in [9.17, 15) is 22.8 Å². The second kappa shape index (κ2) is 9.65. The second-order valence-corrected chi connectivity index (χ2v) is 9.96. The van der Waals surface area contributed by atoms with Crippen LogP contribution in [-0.2, 0) is 22.9 Å². The summed E-state index contributed by atoms with van der Waals surface area (Å²) in [6.45, 7) is 5.57. The summed E-state index contributed by atoms with van der Waals surface area (Å²) in [4.78, 5) is 36.7. The van der Waals surface area contributed by atoms with E-state index in [1.165, 1.54) is 12.1 Å². The van der Waals surface area contributed by atoms with Crippen molar-refractivity contribution < 1.29 is 22.8 Å². The molecular formula is C30H25F3N4O2. The molecule has 2 heterocycles. The van der Waals surface area contributed by atoms with Crippen molar-refractivity contribution in [2.24, 2.45) is 0 Å². The highest BCUT2D eigenvalue weighted by molar-refractivity contribution is 6.10. The van der Waals surface area contributed by atoms with Crippen LogP contribution in [0, 0.1) is 6.92 Å². The predicted octanol–water partition coefficient (Wildman–Crippen LogP) is 6.55. The van der Waals surface area contributed by atoms with Gasteiger partial charge < -0.3 is 10.2 Å². The summed E-state index contributed by atoms with van der Waals surface area (Å²) < 4.78 is 41.8. The van der Waals surface area contributed by atoms with Crippen molar-refractivity contribution >= 4 is 23.2 Å². The van der Waals surface area contributed by atoms with Gasteiger partial charge in [0, 0.05) is 23.8 Å². The molecule has 6 nitrogen and oxygen atoms in total. The molecule has 1 aromatic heterocycles. The first-order valence-corrected chi connectivity index (χ1v) is 12.3. The van der Waals surface area contributed by atoms with Gasteiger partial charge in [0.15, 0.2) is 0 Å². The largest absolute Gasteiger partial charge is 0.417 e. The number of fused-ring (bicyclic) bond motifs is 1. The second-order valence-electron chi connectivity index (χ2n) is 9.96. The fraction of sp³-hybridized carbons (Fsp3) is 0.200. The number of amides is 2. The van der Waals surface area contributed by atoms with Crippen molar-refractivity contribution in [2.45, 2.75) is 38.9 Å². The molecule has 0 saturated heterocycles. The highest BCUT2D eigenvalue weighted by atomic mass is 19.4. The molecule has 1 aliphatic rings. The van der Waals surface area contributed by atoms with Crippen molar-refractivity contribution in [3.8, 4) is 11.1 Å². The van der Waals surface area contributed by atoms with Crippen LogP contribution in [0.25, 0.3) is 11.1 Å². The van der Waals surface area contributed by atoms with Crippen LogP contribution < -0.4 is 10.2 Å². The number of benzene rings is 3. The summed E-state index contributed by atoms with van der Waals surface area (Å²) >= 11 is 0. The fourth-order valence-electron chi connectivity index (χ4n) is 4.91. The molecule has 0 atom stereocenters. The smallest absolute Gasteiger partial charge is 0.322 e. The first-order chi connectivity index (χ1) is 18.5. The Labute approximate surface area is 223 Å². The Morgan fingerprint density at radius 3 is 2.33 bits per heavy atom. The van der Waals surface area contributed by atoms with Crippen LogP contribution in [0.5, 0.6) is 0 Å². The van der Waals surface area contributed by atoms with Gasteiger partial charge in [0.25, 0.3) is 5.91 Å². The Hall–Kier alpha value is -4.53. The van der Waals surface area contributed by atoms with Crippen molar-refractivity contribution in [3.63, 3.8) is 0 Å². The SMILES string of the molecule is Cc1ccc(NC(=O)c2cc(-c3cccc4c3C(C)(C)C(=O)N4Cc3ncccn3)ccc2C(F)(F)F)cc1. The molecule has 0 unspecified atom stereocenters. The van der Waals surface area contributed by atoms with Crippen molar-refractivity contribution in [2.75, 3.05) is 10.2 Å². The maximum Gasteiger partial charge on any atom is 0.417 e. The summed E-state index contributed by atoms with van der Waals surface area (Å²) in [7, 11) is 0. The van der Waals surface area contributed by atoms with Gasteiger partial charge in [-0.1, -0.05) is 35.9 Å². The normalized spacial score (nSPS) is 14.3. The van der Waals surface area contributed by atoms with Crippen LogP contribution in [0.3, 0.4) is 0 Å². The lowest BCUT2D eigenvalue weighted by molar-refractivity contribution is -0.137. The molecule has 2 amide bonds. The summed E-state index contributed by atoms with van der Waals surface area (Å²) in [5.41, 5.74) is 1.07. The highest BCUT2D eigenvalue weighted by Gasteiger charge is 2.46. The molecule has 0 radical (unpaired) electrons. The maximum absolute atomic E-state index is 13.9. The minimum absolute atomic E-state index is 0.150. The van der Waals surface area contributed by atoms with E-state index in [4.69, 9.17) is 0 Å². The average molecular weight is 531 g/mol. The van der Waals surface area contributed by atoms with Gasteiger partial charge in [-0.05, 0) is 73.9 Å². The summed E-state index contributed by atoms with van der Waals surface area (Å²) in [6, 6.07) is 17.2. The molecule has 0 saturated carbocycles. The predicted molar refractivity (Wildman–Crippen MR) is 142 cm³/mol. The molecule has 9 heteroatoms. The lowest BCUT2D eigenvalue weighted by atomic mass is 9.81. The quantitative estimate of drug-likeness (QED) is 0.318. The molecule has 5 rings (SSSR count). The average Bonchev–Trinajstić information content (AvgIpc) is 3.10. The topological polar surface area (TPSA) is 75.2 Å². The summed E-state index contributed by atoms with van der Waals surface area (Å²) in [5, 5.41) is 2.57. The van der Waals surface area contributed by atoms with E-state index >= 15 is 0 Å². The number of carbonyl (C=O) groups is 2. The number of alkyl halides is 3. The van der Waals surface area contributed by atoms with E-state index in [1.54, 1.807) is 79.7 Å². The third-order valence-electron chi connectivity index (χ3n) is 6.85. The standard InChI is InChI=1S/C30H25F3N4O2/c1-18-8-11-20(12-9-18)36-27(38)22-16-19(10-13-23(22)30(31,32)33)21-6-4-7-24-26(21)29(2,3)28(39)37(24)17-25-34-14-5-15-35-25/h4-16H,17H2,1-3H3,(H,36,38). The summed E-state index contributed by atoms with van der Waals surface area (Å²) in [5.74, 6) is -0.593. The number of aryl methyl sites for hydroxylation is 1. The first kappa shape index (κ1) is 26.1. The molecule has 0 spiro atoms. The number of nitrogens with one attached hydrogen (secondary N) is 1. The van der Waals surface area contributed by atoms with E-state index in [0.717, 1.165) is 11.6 Å². The van der Waals surface area contributed by atoms with Gasteiger partial charge in [-0.25, -0.2) is 9.97 Å². The van der Waals surface area contributed by atoms with Crippen molar-refractivity contribution in [1.29, 1.82) is 0 Å². The molecule has 3 aromatic carbocycles. The van der Waals surface area contributed by atoms with Gasteiger partial charge in [0.05, 0.1) is 23.1 Å². The number of nitrogens with zero attached hydrogens (tertiary/aromatic N) is 3. The minimum Gasteiger partial charge on any atom is -0.322 e. The number of anilines is 2. The number of hydrogen-bond acceptors (Lipinski definition) is 4. The number of rotatable bonds is 5. The van der Waals surface area contributed by atoms with E-state index in [0.29, 0.717) is 33.9 Å². The minimum atomic E-state index is -4.74. The van der Waals surface area contributed by atoms with Crippen LogP contribution in [0.1, 0.15) is 46.7 Å². The van der Waals surface area contributed by atoms with Gasteiger partial charge in [-0.15, -0.1) is 0 Å². The maximum atomic E-state index is 13.9. The third-order valence-corrected chi connectivity index (χ3v) is 6.85. The molecule has 0 fully saturated rings. The van der Waals surface area contributed by atoms with Gasteiger partial charge >= 0.3 is 6.18 Å². The van der Waals surface area contributed by atoms with E-state index in [2.05, 4.69) is 15.3 Å². The van der Waals surface area contributed by atoms with Crippen molar-refractivity contribution in [3.05, 3.63) is 107 Å². The molecule has 39 heavy (non-hydrogen) atoms. The number of aromatic nitrogens is 2. The van der Waals surface area contributed by atoms with Crippen LogP contribution in [0.15, 0.2) is 79.1 Å². The molecule has 0 bridgehead atoms. The van der Waals surface area contributed by atoms with Gasteiger partial charge in [-0.3, -0.25) is 9.59 Å². The van der Waals surface area contributed by atoms with Crippen molar-refractivity contribution in [1.82, 2.24) is 9.97 Å². The Bertz CT molecular complexity index is 1570. The van der Waals surface area contributed by atoms with Crippen LogP contribution in [-0.4, -0.2) is 21.8 Å². The Kier molecular flexibility index (Phi) is 6.46. The lowest BCUT2D eigenvalue weighted by Gasteiger charge is -2.21. The zero-order chi connectivity index (χ0) is 27.9. The van der Waals surface area contributed by atoms with E-state index in [1.807, 2.05) is 6.92 Å². The zero-order valence-corrected chi connectivity index (χ0v) is 21.5. The monoisotopic (exact) mass is 530 g/mol. The first-order valence-electron chi connectivity index (χ1n) is 12.3.